The molecular weight excluding hydrogens is 484 g/mol. The summed E-state index contributed by atoms with van der Waals surface area (Å²) >= 11 is 0. The van der Waals surface area contributed by atoms with E-state index in [4.69, 9.17) is 24.4 Å². The van der Waals surface area contributed by atoms with Crippen molar-refractivity contribution in [1.29, 1.82) is 0 Å². The molecule has 38 heavy (non-hydrogen) atoms. The molecule has 4 aromatic carbocycles. The van der Waals surface area contributed by atoms with Crippen LogP contribution in [0.4, 0.5) is 0 Å². The summed E-state index contributed by atoms with van der Waals surface area (Å²) in [6, 6.07) is 26.6. The maximum atomic E-state index is 10.6. The molecule has 0 spiro atoms. The molecule has 0 aliphatic heterocycles. The summed E-state index contributed by atoms with van der Waals surface area (Å²) in [5.74, 6) is 2.03. The second kappa shape index (κ2) is 11.1. The highest BCUT2D eigenvalue weighted by molar-refractivity contribution is 5.89. The lowest BCUT2D eigenvalue weighted by Crippen LogP contribution is -2.29. The lowest BCUT2D eigenvalue weighted by Gasteiger charge is -2.35. The topological polar surface area (TPSA) is 109 Å². The fourth-order valence-corrected chi connectivity index (χ4v) is 5.33. The molecule has 4 aromatic rings. The highest BCUT2D eigenvalue weighted by atomic mass is 16.5. The minimum Gasteiger partial charge on any atom is -0.508 e. The number of aromatic hydroxyl groups is 1. The summed E-state index contributed by atoms with van der Waals surface area (Å²) < 4.78 is 17.3. The molecule has 0 bridgehead atoms. The smallest absolute Gasteiger partial charge is 0.124 e. The van der Waals surface area contributed by atoms with Crippen LogP contribution in [0.5, 0.6) is 23.0 Å². The van der Waals surface area contributed by atoms with Gasteiger partial charge in [0, 0.05) is 5.56 Å². The summed E-state index contributed by atoms with van der Waals surface area (Å²) in [4.78, 5) is 0. The van der Waals surface area contributed by atoms with Crippen LogP contribution in [0.1, 0.15) is 22.3 Å². The number of phenolic OH excluding ortho intramolecular Hbond substituents is 1. The minimum atomic E-state index is -0.875. The average Bonchev–Trinajstić information content (AvgIpc) is 3.25. The Morgan fingerprint density at radius 3 is 1.68 bits per heavy atom. The van der Waals surface area contributed by atoms with Crippen molar-refractivity contribution < 1.29 is 34.6 Å². The molecule has 0 amide bonds. The molecule has 5 rings (SSSR count). The molecule has 0 saturated heterocycles. The van der Waals surface area contributed by atoms with E-state index in [-0.39, 0.29) is 45.4 Å². The van der Waals surface area contributed by atoms with Crippen LogP contribution >= 0.6 is 0 Å². The Hall–Kier alpha value is -4.04. The first-order chi connectivity index (χ1) is 18.6. The summed E-state index contributed by atoms with van der Waals surface area (Å²) in [6.07, 6.45) is 0. The summed E-state index contributed by atoms with van der Waals surface area (Å²) in [6.45, 7) is 0.231. The number of ether oxygens (including phenoxy) is 3. The number of hydrogen-bond donors (Lipinski definition) is 4. The Balaban J connectivity index is 1.79. The van der Waals surface area contributed by atoms with Gasteiger partial charge in [-0.15, -0.1) is 0 Å². The van der Waals surface area contributed by atoms with Gasteiger partial charge in [-0.05, 0) is 70.3 Å². The van der Waals surface area contributed by atoms with Gasteiger partial charge in [-0.1, -0.05) is 42.5 Å². The van der Waals surface area contributed by atoms with E-state index in [1.165, 1.54) is 0 Å². The van der Waals surface area contributed by atoms with Gasteiger partial charge in [0.05, 0.1) is 25.2 Å². The van der Waals surface area contributed by atoms with E-state index in [0.717, 1.165) is 33.4 Å². The largest absolute Gasteiger partial charge is 0.508 e. The van der Waals surface area contributed by atoms with Crippen molar-refractivity contribution in [2.45, 2.75) is 5.41 Å². The van der Waals surface area contributed by atoms with Crippen LogP contribution in [0.2, 0.25) is 0 Å². The van der Waals surface area contributed by atoms with E-state index in [9.17, 15) is 10.2 Å². The first-order valence-corrected chi connectivity index (χ1v) is 12.5. The zero-order chi connectivity index (χ0) is 26.5. The van der Waals surface area contributed by atoms with Crippen LogP contribution in [0.15, 0.2) is 84.9 Å². The third-order valence-electron chi connectivity index (χ3n) is 6.74. The molecule has 0 unspecified atom stereocenters. The molecule has 196 valence electrons. The van der Waals surface area contributed by atoms with Crippen LogP contribution in [0.3, 0.4) is 0 Å². The van der Waals surface area contributed by atoms with Gasteiger partial charge in [0.15, 0.2) is 0 Å². The maximum Gasteiger partial charge on any atom is 0.124 e. The van der Waals surface area contributed by atoms with Gasteiger partial charge in [-0.25, -0.2) is 0 Å². The zero-order valence-corrected chi connectivity index (χ0v) is 20.8. The molecule has 1 aliphatic carbocycles. The van der Waals surface area contributed by atoms with E-state index in [2.05, 4.69) is 0 Å². The Morgan fingerprint density at radius 1 is 0.579 bits per heavy atom. The number of aliphatic hydroxyl groups excluding tert-OH is 3. The van der Waals surface area contributed by atoms with Crippen LogP contribution in [0.25, 0.3) is 11.1 Å². The molecular formula is C31H30O7. The SMILES string of the molecule is OCCOc1ccc(C2(c3ccc(OCCO)cc3)c3cc(O)ccc3-c3cccc(OCCO)c32)cc1. The second-order valence-corrected chi connectivity index (χ2v) is 8.92. The molecule has 1 aliphatic rings. The van der Waals surface area contributed by atoms with Crippen LogP contribution in [0, 0.1) is 0 Å². The standard InChI is InChI=1S/C31H30O7/c32-14-17-36-24-9-4-21(5-10-24)31(22-6-11-25(12-7-22)37-18-15-33)28-20-23(35)8-13-26(28)27-2-1-3-29(30(27)31)38-19-16-34/h1-13,20,32-35H,14-19H2. The Morgan fingerprint density at radius 2 is 1.13 bits per heavy atom. The normalized spacial score (nSPS) is 13.0. The molecule has 0 heterocycles. The van der Waals surface area contributed by atoms with E-state index >= 15 is 0 Å². The molecule has 0 fully saturated rings. The molecule has 0 atom stereocenters. The van der Waals surface area contributed by atoms with E-state index in [1.807, 2.05) is 72.8 Å². The first-order valence-electron chi connectivity index (χ1n) is 12.5. The van der Waals surface area contributed by atoms with Crippen LogP contribution < -0.4 is 14.2 Å². The van der Waals surface area contributed by atoms with Gasteiger partial charge in [0.25, 0.3) is 0 Å². The van der Waals surface area contributed by atoms with Gasteiger partial charge in [0.2, 0.25) is 0 Å². The van der Waals surface area contributed by atoms with Gasteiger partial charge in [-0.2, -0.15) is 0 Å². The van der Waals surface area contributed by atoms with E-state index < -0.39 is 5.41 Å². The third kappa shape index (κ3) is 4.45. The van der Waals surface area contributed by atoms with Crippen molar-refractivity contribution in [2.24, 2.45) is 0 Å². The quantitative estimate of drug-likeness (QED) is 0.212. The van der Waals surface area contributed by atoms with E-state index in [0.29, 0.717) is 17.2 Å². The second-order valence-electron chi connectivity index (χ2n) is 8.92. The first kappa shape index (κ1) is 25.6. The molecule has 0 radical (unpaired) electrons. The Bertz CT molecular complexity index is 1330. The fraction of sp³-hybridized carbons (Fsp3) is 0.226. The lowest BCUT2D eigenvalue weighted by atomic mass is 9.67. The van der Waals surface area contributed by atoms with Crippen molar-refractivity contribution in [3.8, 4) is 34.1 Å². The summed E-state index contributed by atoms with van der Waals surface area (Å²) in [5, 5.41) is 38.5. The van der Waals surface area contributed by atoms with Gasteiger partial charge >= 0.3 is 0 Å². The van der Waals surface area contributed by atoms with E-state index in [1.54, 1.807) is 12.1 Å². The molecule has 0 saturated carbocycles. The highest BCUT2D eigenvalue weighted by Gasteiger charge is 2.48. The summed E-state index contributed by atoms with van der Waals surface area (Å²) in [5.41, 5.74) is 4.69. The predicted octanol–water partition coefficient (Wildman–Crippen LogP) is 3.87. The predicted molar refractivity (Wildman–Crippen MR) is 143 cm³/mol. The molecule has 0 aromatic heterocycles. The van der Waals surface area contributed by atoms with Crippen molar-refractivity contribution in [3.05, 3.63) is 107 Å². The Kier molecular flexibility index (Phi) is 7.51. The van der Waals surface area contributed by atoms with Crippen molar-refractivity contribution in [3.63, 3.8) is 0 Å². The van der Waals surface area contributed by atoms with Gasteiger partial charge < -0.3 is 34.6 Å². The van der Waals surface area contributed by atoms with Crippen LogP contribution in [-0.2, 0) is 5.41 Å². The minimum absolute atomic E-state index is 0.0814. The fourth-order valence-electron chi connectivity index (χ4n) is 5.33. The Labute approximate surface area is 221 Å². The number of aliphatic hydroxyl groups is 3. The zero-order valence-electron chi connectivity index (χ0n) is 20.8. The maximum absolute atomic E-state index is 10.6. The van der Waals surface area contributed by atoms with Crippen LogP contribution in [-0.4, -0.2) is 60.1 Å². The van der Waals surface area contributed by atoms with Crippen molar-refractivity contribution in [2.75, 3.05) is 39.6 Å². The summed E-state index contributed by atoms with van der Waals surface area (Å²) in [7, 11) is 0. The highest BCUT2D eigenvalue weighted by Crippen LogP contribution is 2.59. The van der Waals surface area contributed by atoms with Gasteiger partial charge in [0.1, 0.15) is 42.8 Å². The third-order valence-corrected chi connectivity index (χ3v) is 6.74. The monoisotopic (exact) mass is 514 g/mol. The molecule has 7 nitrogen and oxygen atoms in total. The number of phenols is 1. The average molecular weight is 515 g/mol. The molecule has 7 heteroatoms. The number of rotatable bonds is 11. The lowest BCUT2D eigenvalue weighted by molar-refractivity contribution is 0.199. The number of benzene rings is 4. The number of fused-ring (bicyclic) bond motifs is 3. The number of hydrogen-bond acceptors (Lipinski definition) is 7. The molecule has 4 N–H and O–H groups in total. The van der Waals surface area contributed by atoms with Crippen molar-refractivity contribution >= 4 is 0 Å². The van der Waals surface area contributed by atoms with Crippen molar-refractivity contribution in [1.82, 2.24) is 0 Å². The van der Waals surface area contributed by atoms with Gasteiger partial charge in [-0.3, -0.25) is 0 Å².